The Bertz CT molecular complexity index is 4280. The molecule has 4 saturated carbocycles. The molecule has 3 saturated heterocycles. The number of carboxylic acids is 1. The van der Waals surface area contributed by atoms with E-state index in [-0.39, 0.29) is 167 Å². The first-order valence-electron chi connectivity index (χ1n) is 44.0. The summed E-state index contributed by atoms with van der Waals surface area (Å²) in [5.41, 5.74) is 3.39. The number of alkyl carbamates (subject to hydrolysis) is 3. The summed E-state index contributed by atoms with van der Waals surface area (Å²) in [5.74, 6) is 0.497. The van der Waals surface area contributed by atoms with E-state index in [0.29, 0.717) is 38.0 Å². The Morgan fingerprint density at radius 1 is 0.432 bits per heavy atom. The van der Waals surface area contributed by atoms with Crippen molar-refractivity contribution in [1.29, 1.82) is 0 Å². The second-order valence-electron chi connectivity index (χ2n) is 35.3. The zero-order valence-electron chi connectivity index (χ0n) is 77.3. The van der Waals surface area contributed by atoms with Crippen LogP contribution in [-0.4, -0.2) is 267 Å². The number of carbonyl (C=O) groups excluding carboxylic acids is 6. The number of aromatic nitrogens is 8. The van der Waals surface area contributed by atoms with Crippen LogP contribution < -0.4 is 88.4 Å². The van der Waals surface area contributed by atoms with Gasteiger partial charge >= 0.3 is 71.8 Å². The molecule has 0 unspecified atom stereocenters. The van der Waals surface area contributed by atoms with Gasteiger partial charge in [0, 0.05) is 76.5 Å². The molecule has 132 heavy (non-hydrogen) atoms. The SMILES string of the molecule is C1CCNC1.CC(C)(C)OC(=O)NC1CCC(CNc2nc(NCC(=O)N3CCCC3)ncc2[N+](=O)[O-])CC1.CC(C)(C)OC(=O)NC1CCC(CNc2nc(NCC(=O)O)ncc2[N+](=O)[O-])CC1.COC(=O)CNc1ncc([N+](=O)[O-])c(NCC2CCC(NC(=O)OC(C)(C)C)CC2)n1.ClCCl.NC1CCC(CNc2nc(NCC(=O)N3CCCC3)ncc2[N+](=O)[O-])CC1.[Li+].[OH-]. The minimum Gasteiger partial charge on any atom is -0.870 e. The van der Waals surface area contributed by atoms with E-state index in [2.05, 4.69) is 108 Å². The number of alkyl halides is 2. The van der Waals surface area contributed by atoms with Gasteiger partial charge in [0.15, 0.2) is 0 Å². The molecule has 4 aromatic rings. The quantitative estimate of drug-likeness (QED) is 0.00572. The normalized spacial score (nSPS) is 19.6. The van der Waals surface area contributed by atoms with Gasteiger partial charge in [0.2, 0.25) is 58.9 Å². The maximum absolute atomic E-state index is 12.2. The molecule has 4 aliphatic carbocycles. The van der Waals surface area contributed by atoms with Crippen LogP contribution in [0, 0.1) is 64.1 Å². The van der Waals surface area contributed by atoms with Gasteiger partial charge in [-0.05, 0) is 240 Å². The van der Waals surface area contributed by atoms with Crippen LogP contribution in [0.5, 0.6) is 0 Å². The molecule has 51 heteroatoms. The summed E-state index contributed by atoms with van der Waals surface area (Å²) in [6, 6.07) is 0.409. The minimum absolute atomic E-state index is 0. The number of carbonyl (C=O) groups is 7. The number of aliphatic carboxylic acids is 1. The molecule has 0 spiro atoms. The number of nitrogens with two attached hydrogens (primary N) is 1. The van der Waals surface area contributed by atoms with E-state index in [1.165, 1.54) is 39.2 Å². The predicted octanol–water partition coefficient (Wildman–Crippen LogP) is 7.72. The topological polar surface area (TPSA) is 659 Å². The standard InChI is InChI=1S/C22H35N7O5.C19H30N6O6.C18H28N6O6.C17H27N7O3.C4H9N.CH2Cl2.Li.H2O/c1-22(2,3)34-21(31)26-16-8-6-15(7-9-16)12-23-19-17(29(32)33)13-24-20(27-19)25-14-18(30)28-10-4-5-11-28;1-19(2,3)31-18(27)23-13-7-5-12(6-8-13)9-20-16-14(25(28)29)10-21-17(24-16)22-11-15(26)30-4;1-18(2,3)30-17(27)22-12-6-4-11(5-7-12)8-19-15-13(24(28)29)9-20-16(23-15)21-10-14(25)26;18-13-5-3-12(4-6-13)9-19-16-14(24(26)27)10-20-17(22-16)21-11-15(25)23-7-1-2-8-23;1-2-4-5-3-1;2-1-3;;/h13,15-16H,4-12,14H2,1-3H3,(H,26,31)(H2,23,24,25,27);10,12-13H,5-9,11H2,1-4H3,(H,23,27)(H2,20,21,22,24);9,11-12H,4-8,10H2,1-3H3,(H,22,27)(H,25,26)(H2,19,20,21,23);10,12-13H,1-9,11,18H2,(H2,19,20,21,22);5H,1-4H2;1H2;;1H2/q;;;;;;+1;/p-1. The molecule has 3 aliphatic heterocycles. The van der Waals surface area contributed by atoms with E-state index < -0.39 is 73.3 Å². The Hall–Kier alpha value is -10.9. The molecule has 7 heterocycles. The number of halogens is 2. The van der Waals surface area contributed by atoms with Crippen LogP contribution in [0.1, 0.15) is 204 Å². The largest absolute Gasteiger partial charge is 1.00 e. The second-order valence-corrected chi connectivity index (χ2v) is 36.1. The molecule has 7 fully saturated rings. The molecule has 4 aromatic heterocycles. The van der Waals surface area contributed by atoms with Gasteiger partial charge in [-0.25, -0.2) is 34.3 Å². The maximum atomic E-state index is 12.2. The number of esters is 1. The van der Waals surface area contributed by atoms with Crippen molar-refractivity contribution in [3.05, 3.63) is 65.2 Å². The predicted molar refractivity (Wildman–Crippen MR) is 490 cm³/mol. The number of nitrogens with one attached hydrogen (secondary N) is 12. The van der Waals surface area contributed by atoms with Crippen LogP contribution in [-0.2, 0) is 38.1 Å². The van der Waals surface area contributed by atoms with Crippen molar-refractivity contribution in [2.75, 3.05) is 147 Å². The van der Waals surface area contributed by atoms with Gasteiger partial charge in [0.25, 0.3) is 0 Å². The van der Waals surface area contributed by atoms with Crippen molar-refractivity contribution in [1.82, 2.24) is 70.9 Å². The average Bonchev–Trinajstić information content (AvgIpc) is 0.888. The number of methoxy groups -OCH3 is 1. The zero-order valence-corrected chi connectivity index (χ0v) is 78.8. The molecule has 5 amide bonds. The third-order valence-corrected chi connectivity index (χ3v) is 21.4. The van der Waals surface area contributed by atoms with Crippen molar-refractivity contribution in [3.8, 4) is 0 Å². The van der Waals surface area contributed by atoms with Crippen LogP contribution in [0.2, 0.25) is 0 Å². The van der Waals surface area contributed by atoms with Gasteiger partial charge in [-0.2, -0.15) is 19.9 Å². The Morgan fingerprint density at radius 2 is 0.682 bits per heavy atom. The summed E-state index contributed by atoms with van der Waals surface area (Å²) in [7, 11) is 1.26. The molecule has 7 aliphatic rings. The molecule has 0 aromatic carbocycles. The fourth-order valence-electron chi connectivity index (χ4n) is 14.7. The third kappa shape index (κ3) is 44.5. The van der Waals surface area contributed by atoms with Gasteiger partial charge in [0.1, 0.15) is 54.7 Å². The fourth-order valence-corrected chi connectivity index (χ4v) is 14.7. The molecule has 16 N–H and O–H groups in total. The Morgan fingerprint density at radius 3 is 0.909 bits per heavy atom. The van der Waals surface area contributed by atoms with E-state index in [1.807, 2.05) is 62.3 Å². The molecule has 48 nitrogen and oxygen atoms in total. The summed E-state index contributed by atoms with van der Waals surface area (Å²) in [5, 5.41) is 89.1. The average molecular weight is 1900 g/mol. The summed E-state index contributed by atoms with van der Waals surface area (Å²) in [6.45, 7) is 23.6. The third-order valence-electron chi connectivity index (χ3n) is 21.4. The summed E-state index contributed by atoms with van der Waals surface area (Å²) >= 11 is 9.53. The maximum Gasteiger partial charge on any atom is 1.00 e. The molecule has 732 valence electrons. The molecular weight excluding hydrogens is 1760 g/mol. The number of carboxylic acid groups (broad SMARTS) is 1. The Labute approximate surface area is 789 Å². The number of nitro groups is 4. The van der Waals surface area contributed by atoms with Crippen molar-refractivity contribution in [2.24, 2.45) is 29.4 Å². The number of rotatable bonds is 31. The van der Waals surface area contributed by atoms with Crippen molar-refractivity contribution >= 4 is 135 Å². The number of amides is 5. The van der Waals surface area contributed by atoms with E-state index in [9.17, 15) is 74.0 Å². The molecule has 0 radical (unpaired) electrons. The fraction of sp³-hybridized carbons (Fsp3) is 0.716. The smallest absolute Gasteiger partial charge is 0.870 e. The van der Waals surface area contributed by atoms with Crippen molar-refractivity contribution in [2.45, 2.75) is 245 Å². The van der Waals surface area contributed by atoms with Crippen LogP contribution in [0.15, 0.2) is 24.8 Å². The van der Waals surface area contributed by atoms with Crippen LogP contribution in [0.25, 0.3) is 0 Å². The van der Waals surface area contributed by atoms with E-state index in [0.717, 1.165) is 173 Å². The number of anilines is 8. The van der Waals surface area contributed by atoms with Gasteiger partial charge in [-0.3, -0.25) is 59.6 Å². The van der Waals surface area contributed by atoms with E-state index in [1.54, 1.807) is 9.80 Å². The summed E-state index contributed by atoms with van der Waals surface area (Å²) < 4.78 is 20.4. The number of likely N-dealkylation sites (tertiary alicyclic amines) is 2. The first kappa shape index (κ1) is 113. The number of ether oxygens (including phenoxy) is 4. The van der Waals surface area contributed by atoms with E-state index in [4.69, 9.17) is 48.3 Å². The van der Waals surface area contributed by atoms with Gasteiger partial charge in [-0.1, -0.05) is 0 Å². The van der Waals surface area contributed by atoms with Crippen molar-refractivity contribution in [3.63, 3.8) is 0 Å². The molecule has 11 rings (SSSR count). The molecule has 0 atom stereocenters. The summed E-state index contributed by atoms with van der Waals surface area (Å²) in [6.07, 6.45) is 23.9. The second kappa shape index (κ2) is 58.2. The monoisotopic (exact) mass is 1900 g/mol. The Balaban J connectivity index is 0.000000356. The molecule has 0 bridgehead atoms. The molecular formula is C81H132Cl2LiN27O21. The summed E-state index contributed by atoms with van der Waals surface area (Å²) in [4.78, 5) is 161. The zero-order chi connectivity index (χ0) is 95.5. The van der Waals surface area contributed by atoms with Gasteiger partial charge < -0.3 is 109 Å². The van der Waals surface area contributed by atoms with Gasteiger partial charge in [0.05, 0.1) is 45.2 Å². The van der Waals surface area contributed by atoms with E-state index >= 15 is 0 Å². The number of hydrogen-bond donors (Lipinski definition) is 14. The minimum atomic E-state index is -1.09. The van der Waals surface area contributed by atoms with Gasteiger partial charge in [-0.15, -0.1) is 23.2 Å². The van der Waals surface area contributed by atoms with Crippen molar-refractivity contribution < 1.29 is 102 Å². The van der Waals surface area contributed by atoms with Crippen LogP contribution >= 0.6 is 23.2 Å². The number of nitrogens with zero attached hydrogens (tertiary/aromatic N) is 14. The first-order chi connectivity index (χ1) is 61.6. The van der Waals surface area contributed by atoms with Crippen LogP contribution in [0.3, 0.4) is 0 Å². The van der Waals surface area contributed by atoms with Crippen LogP contribution in [0.4, 0.5) is 84.2 Å². The Kier molecular flexibility index (Phi) is 50.0. The first-order valence-corrected chi connectivity index (χ1v) is 45.1. The number of hydrogen-bond acceptors (Lipinski definition) is 38.